The van der Waals surface area contributed by atoms with Crippen molar-refractivity contribution in [3.05, 3.63) is 87.2 Å². The number of rotatable bonds is 2. The van der Waals surface area contributed by atoms with Gasteiger partial charge in [-0.15, -0.1) is 0 Å². The van der Waals surface area contributed by atoms with Gasteiger partial charge >= 0.3 is 0 Å². The number of hydrogen-bond donors (Lipinski definition) is 0. The van der Waals surface area contributed by atoms with Crippen LogP contribution in [0.2, 0.25) is 0 Å². The zero-order chi connectivity index (χ0) is 28.0. The predicted octanol–water partition coefficient (Wildman–Crippen LogP) is 8.45. The first kappa shape index (κ1) is 25.8. The van der Waals surface area contributed by atoms with Crippen molar-refractivity contribution in [3.63, 3.8) is 0 Å². The third-order valence-electron chi connectivity index (χ3n) is 10.3. The maximum absolute atomic E-state index is 15.1. The maximum Gasteiger partial charge on any atom is 0.148 e. The van der Waals surface area contributed by atoms with Gasteiger partial charge in [0.05, 0.1) is 11.4 Å². The minimum atomic E-state index is -0.265. The van der Waals surface area contributed by atoms with Crippen molar-refractivity contribution in [2.45, 2.75) is 90.5 Å². The van der Waals surface area contributed by atoms with Gasteiger partial charge in [-0.2, -0.15) is 0 Å². The van der Waals surface area contributed by atoms with Gasteiger partial charge in [0.15, 0.2) is 0 Å². The van der Waals surface area contributed by atoms with Crippen LogP contribution in [0.5, 0.6) is 0 Å². The van der Waals surface area contributed by atoms with E-state index in [-0.39, 0.29) is 16.8 Å². The van der Waals surface area contributed by atoms with E-state index < -0.39 is 0 Å². The van der Waals surface area contributed by atoms with Gasteiger partial charge in [-0.1, -0.05) is 32.9 Å². The molecule has 3 aromatic rings. The van der Waals surface area contributed by atoms with Crippen molar-refractivity contribution in [1.29, 1.82) is 0 Å². The van der Waals surface area contributed by atoms with Gasteiger partial charge in [0, 0.05) is 53.1 Å². The van der Waals surface area contributed by atoms with Crippen molar-refractivity contribution in [2.24, 2.45) is 4.99 Å². The van der Waals surface area contributed by atoms with Gasteiger partial charge in [0.25, 0.3) is 0 Å². The number of aliphatic imine (C=N–C) groups is 1. The zero-order valence-electron chi connectivity index (χ0n) is 25.0. The van der Waals surface area contributed by atoms with Crippen LogP contribution >= 0.6 is 0 Å². The standard InChI is InChI=1S/C36H42FN3/c1-7-40-31-20-28-26(19-25(31)22(2)21-35(40,3)4)33(38-30-15-9-8-14-29(30)37)27-18-23-12-10-16-39-17-11-13-24(34(23)39)32(27)36(28,5)6/h8-9,14-15,18-20,22H,7,10-13,16-17,21H2,1-6H3. The molecule has 3 aliphatic heterocycles. The molecule has 0 radical (unpaired) electrons. The highest BCUT2D eigenvalue weighted by atomic mass is 19.1. The minimum absolute atomic E-state index is 0.0990. The van der Waals surface area contributed by atoms with Crippen LogP contribution in [0.3, 0.4) is 0 Å². The molecule has 1 atom stereocenters. The molecule has 4 heteroatoms. The summed E-state index contributed by atoms with van der Waals surface area (Å²) in [5.41, 5.74) is 13.6. The third kappa shape index (κ3) is 3.63. The normalized spacial score (nSPS) is 22.9. The molecule has 4 aliphatic rings. The summed E-state index contributed by atoms with van der Waals surface area (Å²) in [7, 11) is 0. The van der Waals surface area contributed by atoms with E-state index in [0.29, 0.717) is 11.6 Å². The first-order valence-corrected chi connectivity index (χ1v) is 15.4. The lowest BCUT2D eigenvalue weighted by atomic mass is 9.63. The number of benzene rings is 3. The molecule has 0 amide bonds. The molecule has 0 N–H and O–H groups in total. The highest BCUT2D eigenvalue weighted by Crippen LogP contribution is 2.53. The molecule has 0 spiro atoms. The number of para-hydroxylation sites is 1. The van der Waals surface area contributed by atoms with Crippen molar-refractivity contribution in [3.8, 4) is 0 Å². The highest BCUT2D eigenvalue weighted by Gasteiger charge is 2.44. The predicted molar refractivity (Wildman–Crippen MR) is 166 cm³/mol. The van der Waals surface area contributed by atoms with Crippen LogP contribution < -0.4 is 9.80 Å². The number of anilines is 2. The second-order valence-electron chi connectivity index (χ2n) is 13.6. The Kier molecular flexibility index (Phi) is 5.76. The summed E-state index contributed by atoms with van der Waals surface area (Å²) < 4.78 is 15.1. The average Bonchev–Trinajstić information content (AvgIpc) is 2.91. The molecule has 0 fully saturated rings. The van der Waals surface area contributed by atoms with E-state index in [4.69, 9.17) is 4.99 Å². The van der Waals surface area contributed by atoms with E-state index in [1.165, 1.54) is 69.2 Å². The molecule has 208 valence electrons. The number of aryl methyl sites for hydroxylation is 1. The molecule has 1 unspecified atom stereocenters. The lowest BCUT2D eigenvalue weighted by Gasteiger charge is -2.49. The molecular weight excluding hydrogens is 493 g/mol. The van der Waals surface area contributed by atoms with Crippen LogP contribution in [-0.4, -0.2) is 30.9 Å². The summed E-state index contributed by atoms with van der Waals surface area (Å²) in [6.07, 6.45) is 5.70. The van der Waals surface area contributed by atoms with Crippen LogP contribution in [0.4, 0.5) is 21.5 Å². The average molecular weight is 536 g/mol. The molecular formula is C36H42FN3. The Morgan fingerprint density at radius 2 is 1.73 bits per heavy atom. The fourth-order valence-electron chi connectivity index (χ4n) is 8.66. The van der Waals surface area contributed by atoms with Crippen molar-refractivity contribution in [2.75, 3.05) is 29.4 Å². The summed E-state index contributed by atoms with van der Waals surface area (Å²) in [6.45, 7) is 17.5. The number of halogens is 1. The smallest absolute Gasteiger partial charge is 0.148 e. The largest absolute Gasteiger partial charge is 0.371 e. The second kappa shape index (κ2) is 8.93. The molecule has 3 heterocycles. The Bertz CT molecular complexity index is 1560. The first-order chi connectivity index (χ1) is 19.1. The molecule has 0 saturated heterocycles. The van der Waals surface area contributed by atoms with E-state index in [1.807, 2.05) is 12.1 Å². The van der Waals surface area contributed by atoms with E-state index in [0.717, 1.165) is 44.6 Å². The third-order valence-corrected chi connectivity index (χ3v) is 10.3. The second-order valence-corrected chi connectivity index (χ2v) is 13.6. The van der Waals surface area contributed by atoms with Crippen molar-refractivity contribution < 1.29 is 4.39 Å². The molecule has 40 heavy (non-hydrogen) atoms. The summed E-state index contributed by atoms with van der Waals surface area (Å²) in [5.74, 6) is 0.175. The van der Waals surface area contributed by atoms with Crippen molar-refractivity contribution >= 4 is 22.8 Å². The number of nitrogens with zero attached hydrogens (tertiary/aromatic N) is 3. The SMILES string of the molecule is CCN1c2cc3c(cc2C(C)CC1(C)C)C(=Nc1ccccc1F)c1cc2c4c(c1C3(C)C)CCCN4CCC2. The van der Waals surface area contributed by atoms with Gasteiger partial charge in [-0.3, -0.25) is 0 Å². The lowest BCUT2D eigenvalue weighted by molar-refractivity contribution is 0.381. The van der Waals surface area contributed by atoms with E-state index in [2.05, 4.69) is 69.5 Å². The van der Waals surface area contributed by atoms with Gasteiger partial charge in [0.2, 0.25) is 0 Å². The summed E-state index contributed by atoms with van der Waals surface area (Å²) in [5, 5.41) is 0. The van der Waals surface area contributed by atoms with Gasteiger partial charge in [-0.05, 0) is 117 Å². The summed E-state index contributed by atoms with van der Waals surface area (Å²) in [4.78, 5) is 10.4. The number of fused-ring (bicyclic) bond motifs is 4. The molecule has 7 rings (SSSR count). The van der Waals surface area contributed by atoms with E-state index in [9.17, 15) is 0 Å². The Morgan fingerprint density at radius 3 is 2.48 bits per heavy atom. The minimum Gasteiger partial charge on any atom is -0.371 e. The highest BCUT2D eigenvalue weighted by molar-refractivity contribution is 6.18. The lowest BCUT2D eigenvalue weighted by Crippen LogP contribution is -2.48. The van der Waals surface area contributed by atoms with Gasteiger partial charge in [0.1, 0.15) is 5.82 Å². The molecule has 0 bridgehead atoms. The maximum atomic E-state index is 15.1. The van der Waals surface area contributed by atoms with E-state index >= 15 is 4.39 Å². The molecule has 3 nitrogen and oxygen atoms in total. The quantitative estimate of drug-likeness (QED) is 0.328. The topological polar surface area (TPSA) is 18.8 Å². The number of hydrogen-bond acceptors (Lipinski definition) is 3. The first-order valence-electron chi connectivity index (χ1n) is 15.4. The molecule has 0 saturated carbocycles. The fourth-order valence-corrected chi connectivity index (χ4v) is 8.66. The van der Waals surface area contributed by atoms with Gasteiger partial charge in [-0.25, -0.2) is 9.38 Å². The van der Waals surface area contributed by atoms with Crippen molar-refractivity contribution in [1.82, 2.24) is 0 Å². The Hall–Kier alpha value is -3.14. The molecule has 1 aliphatic carbocycles. The van der Waals surface area contributed by atoms with Crippen LogP contribution in [0.1, 0.15) is 106 Å². The Labute approximate surface area is 239 Å². The van der Waals surface area contributed by atoms with Crippen LogP contribution in [0, 0.1) is 5.82 Å². The molecule has 3 aromatic carbocycles. The fraction of sp³-hybridized carbons (Fsp3) is 0.472. The van der Waals surface area contributed by atoms with E-state index in [1.54, 1.807) is 6.07 Å². The van der Waals surface area contributed by atoms with Crippen LogP contribution in [-0.2, 0) is 18.3 Å². The monoisotopic (exact) mass is 535 g/mol. The zero-order valence-corrected chi connectivity index (χ0v) is 25.0. The van der Waals surface area contributed by atoms with Crippen LogP contribution in [0.15, 0.2) is 47.5 Å². The Balaban J connectivity index is 1.57. The van der Waals surface area contributed by atoms with Crippen LogP contribution in [0.25, 0.3) is 0 Å². The van der Waals surface area contributed by atoms with Gasteiger partial charge < -0.3 is 9.80 Å². The summed E-state index contributed by atoms with van der Waals surface area (Å²) in [6, 6.07) is 14.3. The Morgan fingerprint density at radius 1 is 0.975 bits per heavy atom. The molecule has 0 aromatic heterocycles. The summed E-state index contributed by atoms with van der Waals surface area (Å²) >= 11 is 0.